The number of phenolic OH excluding ortho intramolecular Hbond substituents is 2. The van der Waals surface area contributed by atoms with Crippen molar-refractivity contribution < 1.29 is 10.2 Å². The maximum absolute atomic E-state index is 9.72. The molecule has 0 aliphatic heterocycles. The van der Waals surface area contributed by atoms with Gasteiger partial charge in [-0.1, -0.05) is 6.07 Å². The Morgan fingerprint density at radius 2 is 1.21 bits per heavy atom. The van der Waals surface area contributed by atoms with E-state index in [0.29, 0.717) is 0 Å². The van der Waals surface area contributed by atoms with Crippen LogP contribution in [0.5, 0.6) is 11.5 Å². The lowest BCUT2D eigenvalue weighted by Crippen LogP contribution is -1.80. The molecule has 19 heavy (non-hydrogen) atoms. The highest BCUT2D eigenvalue weighted by atomic mass is 32.1. The summed E-state index contributed by atoms with van der Waals surface area (Å²) in [5, 5.41) is 26.9. The number of hydrogen-bond acceptors (Lipinski definition) is 3. The SMILES string of the molecule is Oc1ccc2c(c1)c1cc(O)ccc1c1sccc21. The second-order valence-corrected chi connectivity index (χ2v) is 5.54. The minimum absolute atomic E-state index is 0.242. The molecule has 3 heteroatoms. The molecule has 3 aromatic carbocycles. The Balaban J connectivity index is 2.41. The molecule has 0 saturated heterocycles. The summed E-state index contributed by atoms with van der Waals surface area (Å²) in [7, 11) is 0. The Morgan fingerprint density at radius 1 is 0.632 bits per heavy atom. The van der Waals surface area contributed by atoms with Gasteiger partial charge in [0, 0.05) is 15.5 Å². The van der Waals surface area contributed by atoms with Crippen molar-refractivity contribution in [2.75, 3.05) is 0 Å². The Kier molecular flexibility index (Phi) is 2.03. The third-order valence-corrected chi connectivity index (χ3v) is 4.44. The zero-order chi connectivity index (χ0) is 13.0. The molecule has 1 heterocycles. The van der Waals surface area contributed by atoms with Crippen molar-refractivity contribution in [1.29, 1.82) is 0 Å². The normalized spacial score (nSPS) is 11.6. The van der Waals surface area contributed by atoms with Gasteiger partial charge in [-0.15, -0.1) is 11.3 Å². The van der Waals surface area contributed by atoms with Crippen LogP contribution in [0, 0.1) is 0 Å². The van der Waals surface area contributed by atoms with E-state index >= 15 is 0 Å². The van der Waals surface area contributed by atoms with Crippen LogP contribution < -0.4 is 0 Å². The first kappa shape index (κ1) is 10.6. The van der Waals surface area contributed by atoms with Gasteiger partial charge in [-0.2, -0.15) is 0 Å². The summed E-state index contributed by atoms with van der Waals surface area (Å²) in [6.07, 6.45) is 0. The van der Waals surface area contributed by atoms with Crippen molar-refractivity contribution in [3.8, 4) is 11.5 Å². The van der Waals surface area contributed by atoms with Crippen LogP contribution in [0.4, 0.5) is 0 Å². The van der Waals surface area contributed by atoms with Gasteiger partial charge in [0.1, 0.15) is 11.5 Å². The number of hydrogen-bond donors (Lipinski definition) is 2. The molecule has 0 unspecified atom stereocenters. The van der Waals surface area contributed by atoms with E-state index in [-0.39, 0.29) is 11.5 Å². The van der Waals surface area contributed by atoms with E-state index in [1.807, 2.05) is 12.1 Å². The van der Waals surface area contributed by atoms with Gasteiger partial charge in [-0.05, 0) is 57.9 Å². The zero-order valence-electron chi connectivity index (χ0n) is 9.92. The molecule has 0 aliphatic carbocycles. The van der Waals surface area contributed by atoms with Gasteiger partial charge >= 0.3 is 0 Å². The van der Waals surface area contributed by atoms with E-state index in [1.165, 1.54) is 10.1 Å². The highest BCUT2D eigenvalue weighted by Crippen LogP contribution is 2.39. The lowest BCUT2D eigenvalue weighted by atomic mass is 9.98. The molecule has 0 fully saturated rings. The van der Waals surface area contributed by atoms with Crippen molar-refractivity contribution in [3.63, 3.8) is 0 Å². The Bertz CT molecular complexity index is 862. The molecule has 92 valence electrons. The molecule has 0 radical (unpaired) electrons. The van der Waals surface area contributed by atoms with Gasteiger partial charge in [0.05, 0.1) is 0 Å². The van der Waals surface area contributed by atoms with Crippen LogP contribution in [0.2, 0.25) is 0 Å². The van der Waals surface area contributed by atoms with Crippen LogP contribution in [0.25, 0.3) is 31.6 Å². The molecule has 0 bridgehead atoms. The van der Waals surface area contributed by atoms with Gasteiger partial charge in [-0.25, -0.2) is 0 Å². The molecule has 1 aromatic heterocycles. The van der Waals surface area contributed by atoms with Crippen molar-refractivity contribution >= 4 is 43.0 Å². The summed E-state index contributed by atoms with van der Waals surface area (Å²) >= 11 is 1.70. The summed E-state index contributed by atoms with van der Waals surface area (Å²) in [4.78, 5) is 0. The molecule has 0 amide bonds. The Morgan fingerprint density at radius 3 is 1.95 bits per heavy atom. The fourth-order valence-corrected chi connectivity index (χ4v) is 3.62. The zero-order valence-corrected chi connectivity index (χ0v) is 10.7. The van der Waals surface area contributed by atoms with Crippen LogP contribution in [-0.4, -0.2) is 10.2 Å². The van der Waals surface area contributed by atoms with Crippen LogP contribution in [0.3, 0.4) is 0 Å². The van der Waals surface area contributed by atoms with Crippen LogP contribution in [0.1, 0.15) is 0 Å². The Labute approximate surface area is 113 Å². The number of benzene rings is 3. The molecule has 0 spiro atoms. The summed E-state index contributed by atoms with van der Waals surface area (Å²) in [6.45, 7) is 0. The standard InChI is InChI=1S/C16H10O2S/c17-9-1-3-11-13-5-6-19-16(13)12-4-2-10(18)8-15(12)14(11)7-9/h1-8,17-18H. The van der Waals surface area contributed by atoms with Gasteiger partial charge < -0.3 is 10.2 Å². The minimum Gasteiger partial charge on any atom is -0.508 e. The second kappa shape index (κ2) is 3.62. The predicted octanol–water partition coefficient (Wildman–Crippen LogP) is 4.62. The molecule has 0 saturated carbocycles. The van der Waals surface area contributed by atoms with Crippen LogP contribution >= 0.6 is 11.3 Å². The van der Waals surface area contributed by atoms with Crippen molar-refractivity contribution in [2.45, 2.75) is 0 Å². The topological polar surface area (TPSA) is 40.5 Å². The lowest BCUT2D eigenvalue weighted by molar-refractivity contribution is 0.475. The van der Waals surface area contributed by atoms with Gasteiger partial charge in [-0.3, -0.25) is 0 Å². The van der Waals surface area contributed by atoms with E-state index in [0.717, 1.165) is 21.5 Å². The molecule has 4 rings (SSSR count). The molecular weight excluding hydrogens is 256 g/mol. The van der Waals surface area contributed by atoms with E-state index in [1.54, 1.807) is 35.6 Å². The van der Waals surface area contributed by atoms with E-state index < -0.39 is 0 Å². The molecular formula is C16H10O2S. The predicted molar refractivity (Wildman–Crippen MR) is 80.2 cm³/mol. The molecule has 0 aliphatic rings. The quantitative estimate of drug-likeness (QED) is 0.456. The lowest BCUT2D eigenvalue weighted by Gasteiger charge is -2.08. The monoisotopic (exact) mass is 266 g/mol. The number of thiophene rings is 1. The smallest absolute Gasteiger partial charge is 0.116 e. The highest BCUT2D eigenvalue weighted by Gasteiger charge is 2.10. The maximum Gasteiger partial charge on any atom is 0.116 e. The Hall–Kier alpha value is -2.26. The fraction of sp³-hybridized carbons (Fsp3) is 0. The van der Waals surface area contributed by atoms with Crippen LogP contribution in [-0.2, 0) is 0 Å². The van der Waals surface area contributed by atoms with Crippen LogP contribution in [0.15, 0.2) is 47.8 Å². The molecule has 2 N–H and O–H groups in total. The third kappa shape index (κ3) is 1.42. The molecule has 0 atom stereocenters. The third-order valence-electron chi connectivity index (χ3n) is 3.50. The van der Waals surface area contributed by atoms with Gasteiger partial charge in [0.25, 0.3) is 0 Å². The number of rotatable bonds is 0. The summed E-state index contributed by atoms with van der Waals surface area (Å²) < 4.78 is 1.22. The first-order chi connectivity index (χ1) is 9.24. The fourth-order valence-electron chi connectivity index (χ4n) is 2.67. The highest BCUT2D eigenvalue weighted by molar-refractivity contribution is 7.18. The van der Waals surface area contributed by atoms with E-state index in [4.69, 9.17) is 0 Å². The number of aromatic hydroxyl groups is 2. The van der Waals surface area contributed by atoms with E-state index in [9.17, 15) is 10.2 Å². The first-order valence-corrected chi connectivity index (χ1v) is 6.86. The molecule has 2 nitrogen and oxygen atoms in total. The molecule has 4 aromatic rings. The summed E-state index contributed by atoms with van der Waals surface area (Å²) in [6, 6.07) is 12.9. The minimum atomic E-state index is 0.242. The second-order valence-electron chi connectivity index (χ2n) is 4.62. The maximum atomic E-state index is 9.72. The van der Waals surface area contributed by atoms with Gasteiger partial charge in [0.15, 0.2) is 0 Å². The van der Waals surface area contributed by atoms with Crippen molar-refractivity contribution in [3.05, 3.63) is 47.8 Å². The van der Waals surface area contributed by atoms with Crippen molar-refractivity contribution in [1.82, 2.24) is 0 Å². The van der Waals surface area contributed by atoms with E-state index in [2.05, 4.69) is 11.4 Å². The largest absolute Gasteiger partial charge is 0.508 e. The summed E-state index contributed by atoms with van der Waals surface area (Å²) in [5.41, 5.74) is 0. The summed E-state index contributed by atoms with van der Waals surface area (Å²) in [5.74, 6) is 0.486. The number of phenols is 2. The first-order valence-electron chi connectivity index (χ1n) is 5.99. The average Bonchev–Trinajstić information content (AvgIpc) is 2.88. The van der Waals surface area contributed by atoms with Gasteiger partial charge in [0.2, 0.25) is 0 Å². The average molecular weight is 266 g/mol. The number of fused-ring (bicyclic) bond motifs is 6. The van der Waals surface area contributed by atoms with Crippen molar-refractivity contribution in [2.24, 2.45) is 0 Å².